The van der Waals surface area contributed by atoms with E-state index in [0.717, 1.165) is 12.1 Å². The van der Waals surface area contributed by atoms with Gasteiger partial charge < -0.3 is 15.2 Å². The normalized spacial score (nSPS) is 18.9. The van der Waals surface area contributed by atoms with E-state index < -0.39 is 5.97 Å². The first kappa shape index (κ1) is 16.7. The van der Waals surface area contributed by atoms with E-state index in [-0.39, 0.29) is 17.6 Å². The molecule has 1 unspecified atom stereocenters. The molecule has 0 spiro atoms. The van der Waals surface area contributed by atoms with Gasteiger partial charge in [-0.3, -0.25) is 9.69 Å². The second-order valence-electron chi connectivity index (χ2n) is 5.28. The van der Waals surface area contributed by atoms with Crippen LogP contribution in [0.5, 0.6) is 0 Å². The van der Waals surface area contributed by atoms with Gasteiger partial charge in [0.1, 0.15) is 0 Å². The highest BCUT2D eigenvalue weighted by Gasteiger charge is 2.21. The quantitative estimate of drug-likeness (QED) is 0.854. The summed E-state index contributed by atoms with van der Waals surface area (Å²) >= 11 is 6.15. The van der Waals surface area contributed by atoms with Crippen LogP contribution in [0.15, 0.2) is 18.2 Å². The van der Waals surface area contributed by atoms with Crippen molar-refractivity contribution in [2.24, 2.45) is 0 Å². The summed E-state index contributed by atoms with van der Waals surface area (Å²) in [6.07, 6.45) is -0.0703. The van der Waals surface area contributed by atoms with Crippen LogP contribution in [0.1, 0.15) is 22.8 Å². The lowest BCUT2D eigenvalue weighted by Crippen LogP contribution is -2.46. The van der Waals surface area contributed by atoms with Gasteiger partial charge in [-0.05, 0) is 23.8 Å². The van der Waals surface area contributed by atoms with Gasteiger partial charge in [-0.2, -0.15) is 0 Å². The lowest BCUT2D eigenvalue weighted by atomic mass is 10.1. The van der Waals surface area contributed by atoms with Crippen LogP contribution in [0.4, 0.5) is 0 Å². The van der Waals surface area contributed by atoms with E-state index in [1.165, 1.54) is 13.0 Å². The first-order valence-electron chi connectivity index (χ1n) is 7.06. The Bertz CT molecular complexity index is 564. The summed E-state index contributed by atoms with van der Waals surface area (Å²) in [4.78, 5) is 24.1. The summed E-state index contributed by atoms with van der Waals surface area (Å²) in [7, 11) is 0. The number of nitrogens with one attached hydrogen (secondary N) is 1. The fourth-order valence-corrected chi connectivity index (χ4v) is 2.55. The van der Waals surface area contributed by atoms with Gasteiger partial charge in [0, 0.05) is 38.1 Å². The van der Waals surface area contributed by atoms with E-state index in [1.807, 2.05) is 0 Å². The Balaban J connectivity index is 1.99. The molecule has 2 rings (SSSR count). The van der Waals surface area contributed by atoms with Crippen LogP contribution in [0.25, 0.3) is 0 Å². The number of aromatic carboxylic acids is 1. The molecule has 1 aromatic rings. The monoisotopic (exact) mass is 326 g/mol. The van der Waals surface area contributed by atoms with E-state index in [2.05, 4.69) is 10.2 Å². The third-order valence-corrected chi connectivity index (χ3v) is 3.86. The van der Waals surface area contributed by atoms with Crippen LogP contribution in [0.3, 0.4) is 0 Å². The van der Waals surface area contributed by atoms with Gasteiger partial charge >= 0.3 is 5.97 Å². The second kappa shape index (κ2) is 7.58. The molecule has 120 valence electrons. The van der Waals surface area contributed by atoms with Crippen LogP contribution in [0, 0.1) is 0 Å². The lowest BCUT2D eigenvalue weighted by molar-refractivity contribution is -0.120. The van der Waals surface area contributed by atoms with Gasteiger partial charge in [-0.25, -0.2) is 4.79 Å². The number of carboxylic acids is 1. The Kier molecular flexibility index (Phi) is 5.76. The number of carbonyl (C=O) groups is 2. The summed E-state index contributed by atoms with van der Waals surface area (Å²) < 4.78 is 5.61. The number of morpholine rings is 1. The van der Waals surface area contributed by atoms with Gasteiger partial charge in [-0.1, -0.05) is 11.6 Å². The fourth-order valence-electron chi connectivity index (χ4n) is 2.37. The number of hydrogen-bond acceptors (Lipinski definition) is 4. The van der Waals surface area contributed by atoms with E-state index in [1.54, 1.807) is 12.1 Å². The third-order valence-electron chi connectivity index (χ3n) is 3.49. The molecular weight excluding hydrogens is 308 g/mol. The second-order valence-corrected chi connectivity index (χ2v) is 5.68. The molecular formula is C15H19ClN2O4. The van der Waals surface area contributed by atoms with Crippen molar-refractivity contribution in [3.05, 3.63) is 34.3 Å². The van der Waals surface area contributed by atoms with E-state index in [0.29, 0.717) is 31.3 Å². The molecule has 1 aromatic carbocycles. The average molecular weight is 327 g/mol. The molecule has 0 bridgehead atoms. The molecule has 0 aromatic heterocycles. The van der Waals surface area contributed by atoms with Crippen molar-refractivity contribution in [1.29, 1.82) is 0 Å². The number of halogens is 1. The van der Waals surface area contributed by atoms with Crippen LogP contribution in [-0.2, 0) is 16.1 Å². The van der Waals surface area contributed by atoms with Crippen molar-refractivity contribution in [1.82, 2.24) is 10.2 Å². The number of benzene rings is 1. The lowest BCUT2D eigenvalue weighted by Gasteiger charge is -2.33. The van der Waals surface area contributed by atoms with Crippen LogP contribution >= 0.6 is 11.6 Å². The van der Waals surface area contributed by atoms with Crippen molar-refractivity contribution < 1.29 is 19.4 Å². The minimum absolute atomic E-state index is 0.0703. The molecule has 7 heteroatoms. The molecule has 2 N–H and O–H groups in total. The zero-order chi connectivity index (χ0) is 16.1. The summed E-state index contributed by atoms with van der Waals surface area (Å²) in [6.45, 7) is 4.46. The molecule has 1 fully saturated rings. The molecule has 6 nitrogen and oxygen atoms in total. The van der Waals surface area contributed by atoms with Gasteiger partial charge in [0.2, 0.25) is 5.91 Å². The Morgan fingerprint density at radius 3 is 2.95 bits per heavy atom. The standard InChI is InChI=1S/C15H19ClN2O4/c1-10(19)17-7-13-9-18(4-5-22-13)8-12-6-11(15(20)21)2-3-14(12)16/h2-3,6,13H,4-5,7-9H2,1H3,(H,17,19)(H,20,21). The summed E-state index contributed by atoms with van der Waals surface area (Å²) in [5.74, 6) is -1.05. The highest BCUT2D eigenvalue weighted by molar-refractivity contribution is 6.31. The minimum Gasteiger partial charge on any atom is -0.478 e. The first-order chi connectivity index (χ1) is 10.5. The van der Waals surface area contributed by atoms with Crippen molar-refractivity contribution in [3.8, 4) is 0 Å². The van der Waals surface area contributed by atoms with E-state index >= 15 is 0 Å². The molecule has 0 aliphatic carbocycles. The maximum Gasteiger partial charge on any atom is 0.335 e. The summed E-state index contributed by atoms with van der Waals surface area (Å²) in [5.41, 5.74) is 1.00. The molecule has 1 aliphatic rings. The number of carboxylic acid groups (broad SMARTS) is 1. The zero-order valence-electron chi connectivity index (χ0n) is 12.3. The van der Waals surface area contributed by atoms with E-state index in [9.17, 15) is 9.59 Å². The number of amides is 1. The molecule has 0 saturated carbocycles. The SMILES string of the molecule is CC(=O)NCC1CN(Cc2cc(C(=O)O)ccc2Cl)CCO1. The highest BCUT2D eigenvalue weighted by atomic mass is 35.5. The van der Waals surface area contributed by atoms with Gasteiger partial charge in [0.25, 0.3) is 0 Å². The number of nitrogens with zero attached hydrogens (tertiary/aromatic N) is 1. The molecule has 1 atom stereocenters. The zero-order valence-corrected chi connectivity index (χ0v) is 13.1. The Labute approximate surface area is 134 Å². The molecule has 1 amide bonds. The average Bonchev–Trinajstić information content (AvgIpc) is 2.47. The molecule has 22 heavy (non-hydrogen) atoms. The number of carbonyl (C=O) groups excluding carboxylic acids is 1. The van der Waals surface area contributed by atoms with Crippen molar-refractivity contribution in [2.75, 3.05) is 26.2 Å². The Morgan fingerprint density at radius 1 is 1.50 bits per heavy atom. The predicted molar refractivity (Wildman–Crippen MR) is 82.1 cm³/mol. The van der Waals surface area contributed by atoms with Crippen molar-refractivity contribution >= 4 is 23.5 Å². The Hall–Kier alpha value is -1.63. The smallest absolute Gasteiger partial charge is 0.335 e. The summed E-state index contributed by atoms with van der Waals surface area (Å²) in [6, 6.07) is 4.70. The summed E-state index contributed by atoms with van der Waals surface area (Å²) in [5, 5.41) is 12.3. The van der Waals surface area contributed by atoms with Gasteiger partial charge in [0.05, 0.1) is 18.3 Å². The van der Waals surface area contributed by atoms with Gasteiger partial charge in [0.15, 0.2) is 0 Å². The predicted octanol–water partition coefficient (Wildman–Crippen LogP) is 1.38. The third kappa shape index (κ3) is 4.69. The van der Waals surface area contributed by atoms with Crippen molar-refractivity contribution in [2.45, 2.75) is 19.6 Å². The molecule has 0 radical (unpaired) electrons. The van der Waals surface area contributed by atoms with Crippen LogP contribution < -0.4 is 5.32 Å². The maximum absolute atomic E-state index is 11.0. The fraction of sp³-hybridized carbons (Fsp3) is 0.467. The number of rotatable bonds is 5. The van der Waals surface area contributed by atoms with Crippen molar-refractivity contribution in [3.63, 3.8) is 0 Å². The van der Waals surface area contributed by atoms with Crippen LogP contribution in [0.2, 0.25) is 5.02 Å². The molecule has 1 saturated heterocycles. The number of hydrogen-bond donors (Lipinski definition) is 2. The number of ether oxygens (including phenoxy) is 1. The maximum atomic E-state index is 11.0. The molecule has 1 heterocycles. The topological polar surface area (TPSA) is 78.9 Å². The van der Waals surface area contributed by atoms with Crippen LogP contribution in [-0.4, -0.2) is 54.2 Å². The first-order valence-corrected chi connectivity index (χ1v) is 7.43. The molecule has 1 aliphatic heterocycles. The Morgan fingerprint density at radius 2 is 2.27 bits per heavy atom. The van der Waals surface area contributed by atoms with Gasteiger partial charge in [-0.15, -0.1) is 0 Å². The minimum atomic E-state index is -0.969. The van der Waals surface area contributed by atoms with E-state index in [4.69, 9.17) is 21.4 Å². The highest BCUT2D eigenvalue weighted by Crippen LogP contribution is 2.20. The largest absolute Gasteiger partial charge is 0.478 e.